The average molecular weight is 170 g/mol. The molecule has 4 nitrogen and oxygen atoms in total. The van der Waals surface area contributed by atoms with Crippen molar-refractivity contribution in [2.45, 2.75) is 12.8 Å². The van der Waals surface area contributed by atoms with Gasteiger partial charge in [0.25, 0.3) is 0 Å². The zero-order chi connectivity index (χ0) is 9.56. The maximum absolute atomic E-state index is 10.7. The molecule has 4 heteroatoms. The average Bonchev–Trinajstić information content (AvgIpc) is 2.00. The second-order valence-corrected chi connectivity index (χ2v) is 2.04. The van der Waals surface area contributed by atoms with Crippen LogP contribution in [0.25, 0.3) is 0 Å². The minimum absolute atomic E-state index is 0.130. The van der Waals surface area contributed by atoms with E-state index in [0.717, 1.165) is 0 Å². The number of esters is 1. The van der Waals surface area contributed by atoms with Crippen molar-refractivity contribution in [3.63, 3.8) is 0 Å². The van der Waals surface area contributed by atoms with Crippen molar-refractivity contribution in [3.8, 4) is 0 Å². The number of allylic oxidation sites excluding steroid dienone is 1. The molecule has 0 fully saturated rings. The van der Waals surface area contributed by atoms with Crippen LogP contribution in [0, 0.1) is 0 Å². The number of hydrogen-bond donors (Lipinski definition) is 1. The maximum atomic E-state index is 10.7. The molecule has 0 unspecified atom stereocenters. The SMILES string of the molecule is C=CC(=C)OC(=O)CCC(=O)O. The van der Waals surface area contributed by atoms with Crippen molar-refractivity contribution in [2.24, 2.45) is 0 Å². The van der Waals surface area contributed by atoms with Crippen LogP contribution in [0.5, 0.6) is 0 Å². The number of carbonyl (C=O) groups excluding carboxylic acids is 1. The van der Waals surface area contributed by atoms with Crippen LogP contribution in [0.2, 0.25) is 0 Å². The molecular weight excluding hydrogens is 160 g/mol. The van der Waals surface area contributed by atoms with Gasteiger partial charge in [-0.05, 0) is 6.08 Å². The van der Waals surface area contributed by atoms with E-state index in [4.69, 9.17) is 5.11 Å². The Bertz CT molecular complexity index is 217. The highest BCUT2D eigenvalue weighted by atomic mass is 16.5. The number of rotatable bonds is 5. The van der Waals surface area contributed by atoms with Gasteiger partial charge in [0.1, 0.15) is 5.76 Å². The monoisotopic (exact) mass is 170 g/mol. The molecule has 0 heterocycles. The highest BCUT2D eigenvalue weighted by Crippen LogP contribution is 1.99. The van der Waals surface area contributed by atoms with Crippen molar-refractivity contribution in [2.75, 3.05) is 0 Å². The van der Waals surface area contributed by atoms with Crippen LogP contribution >= 0.6 is 0 Å². The van der Waals surface area contributed by atoms with Gasteiger partial charge in [0, 0.05) is 0 Å². The number of carbonyl (C=O) groups is 2. The van der Waals surface area contributed by atoms with Gasteiger partial charge >= 0.3 is 11.9 Å². The molecule has 0 aromatic rings. The lowest BCUT2D eigenvalue weighted by molar-refractivity contribution is -0.144. The van der Waals surface area contributed by atoms with E-state index in [-0.39, 0.29) is 18.6 Å². The number of carboxylic acids is 1. The predicted molar refractivity (Wildman–Crippen MR) is 42.3 cm³/mol. The Kier molecular flexibility index (Phi) is 4.45. The third kappa shape index (κ3) is 5.22. The molecule has 0 aliphatic carbocycles. The van der Waals surface area contributed by atoms with Crippen LogP contribution in [0.4, 0.5) is 0 Å². The fourth-order valence-electron chi connectivity index (χ4n) is 0.448. The van der Waals surface area contributed by atoms with E-state index in [1.807, 2.05) is 0 Å². The van der Waals surface area contributed by atoms with E-state index in [9.17, 15) is 9.59 Å². The van der Waals surface area contributed by atoms with Crippen molar-refractivity contribution in [3.05, 3.63) is 25.0 Å². The first kappa shape index (κ1) is 10.4. The Morgan fingerprint density at radius 3 is 2.42 bits per heavy atom. The molecule has 0 atom stereocenters. The maximum Gasteiger partial charge on any atom is 0.311 e. The Labute approximate surface area is 70.1 Å². The molecule has 0 amide bonds. The van der Waals surface area contributed by atoms with Crippen LogP contribution in [-0.4, -0.2) is 17.0 Å². The van der Waals surface area contributed by atoms with Crippen molar-refractivity contribution in [1.82, 2.24) is 0 Å². The first-order chi connectivity index (χ1) is 5.56. The summed E-state index contributed by atoms with van der Waals surface area (Å²) in [6.07, 6.45) is 0.893. The zero-order valence-corrected chi connectivity index (χ0v) is 6.58. The minimum Gasteiger partial charge on any atom is -0.481 e. The topological polar surface area (TPSA) is 63.6 Å². The number of carboxylic acid groups (broad SMARTS) is 1. The summed E-state index contributed by atoms with van der Waals surface area (Å²) < 4.78 is 4.54. The molecule has 0 radical (unpaired) electrons. The first-order valence-corrected chi connectivity index (χ1v) is 3.30. The van der Waals surface area contributed by atoms with Crippen LogP contribution in [0.1, 0.15) is 12.8 Å². The second-order valence-electron chi connectivity index (χ2n) is 2.04. The molecular formula is C8H10O4. The molecule has 0 aromatic heterocycles. The lowest BCUT2D eigenvalue weighted by Gasteiger charge is -2.00. The van der Waals surface area contributed by atoms with Crippen LogP contribution < -0.4 is 0 Å². The van der Waals surface area contributed by atoms with Gasteiger partial charge < -0.3 is 9.84 Å². The van der Waals surface area contributed by atoms with Crippen molar-refractivity contribution in [1.29, 1.82) is 0 Å². The molecule has 0 saturated heterocycles. The van der Waals surface area contributed by atoms with Gasteiger partial charge in [0.15, 0.2) is 0 Å². The van der Waals surface area contributed by atoms with E-state index in [1.54, 1.807) is 0 Å². The summed E-state index contributed by atoms with van der Waals surface area (Å²) in [5, 5.41) is 8.20. The normalized spacial score (nSPS) is 8.67. The summed E-state index contributed by atoms with van der Waals surface area (Å²) in [7, 11) is 0. The summed E-state index contributed by atoms with van der Waals surface area (Å²) in [6, 6.07) is 0. The highest BCUT2D eigenvalue weighted by Gasteiger charge is 2.06. The fraction of sp³-hybridized carbons (Fsp3) is 0.250. The fourth-order valence-corrected chi connectivity index (χ4v) is 0.448. The summed E-state index contributed by atoms with van der Waals surface area (Å²) in [5.74, 6) is -1.51. The Hall–Kier alpha value is -1.58. The van der Waals surface area contributed by atoms with Crippen LogP contribution in [-0.2, 0) is 14.3 Å². The van der Waals surface area contributed by atoms with Crippen LogP contribution in [0.3, 0.4) is 0 Å². The lowest BCUT2D eigenvalue weighted by atomic mass is 10.3. The van der Waals surface area contributed by atoms with Gasteiger partial charge in [-0.1, -0.05) is 13.2 Å². The van der Waals surface area contributed by atoms with E-state index in [2.05, 4.69) is 17.9 Å². The Balaban J connectivity index is 3.67. The lowest BCUT2D eigenvalue weighted by Crippen LogP contribution is -2.05. The van der Waals surface area contributed by atoms with Crippen molar-refractivity contribution < 1.29 is 19.4 Å². The van der Waals surface area contributed by atoms with Crippen LogP contribution in [0.15, 0.2) is 25.0 Å². The third-order valence-electron chi connectivity index (χ3n) is 1.02. The molecule has 66 valence electrons. The van der Waals surface area contributed by atoms with Gasteiger partial charge in [-0.25, -0.2) is 0 Å². The standard InChI is InChI=1S/C8H10O4/c1-3-6(2)12-8(11)5-4-7(9)10/h3H,1-2,4-5H2,(H,9,10). The smallest absolute Gasteiger partial charge is 0.311 e. The highest BCUT2D eigenvalue weighted by molar-refractivity contribution is 5.77. The number of hydrogen-bond acceptors (Lipinski definition) is 3. The molecule has 1 N–H and O–H groups in total. The Morgan fingerprint density at radius 2 is 2.00 bits per heavy atom. The summed E-state index contributed by atoms with van der Waals surface area (Å²) in [5.41, 5.74) is 0. The largest absolute Gasteiger partial charge is 0.481 e. The summed E-state index contributed by atoms with van der Waals surface area (Å²) in [6.45, 7) is 6.65. The molecule has 0 bridgehead atoms. The van der Waals surface area contributed by atoms with E-state index in [0.29, 0.717) is 0 Å². The Morgan fingerprint density at radius 1 is 1.42 bits per heavy atom. The van der Waals surface area contributed by atoms with Crippen molar-refractivity contribution >= 4 is 11.9 Å². The molecule has 0 aliphatic heterocycles. The van der Waals surface area contributed by atoms with E-state index < -0.39 is 11.9 Å². The van der Waals surface area contributed by atoms with Gasteiger partial charge in [0.05, 0.1) is 12.8 Å². The van der Waals surface area contributed by atoms with Gasteiger partial charge in [-0.3, -0.25) is 9.59 Å². The molecule has 0 saturated carbocycles. The summed E-state index contributed by atoms with van der Waals surface area (Å²) in [4.78, 5) is 20.7. The van der Waals surface area contributed by atoms with Gasteiger partial charge in [-0.15, -0.1) is 0 Å². The zero-order valence-electron chi connectivity index (χ0n) is 6.58. The molecule has 0 spiro atoms. The molecule has 0 aromatic carbocycles. The third-order valence-corrected chi connectivity index (χ3v) is 1.02. The quantitative estimate of drug-likeness (QED) is 0.381. The minimum atomic E-state index is -1.03. The molecule has 12 heavy (non-hydrogen) atoms. The second kappa shape index (κ2) is 5.12. The summed E-state index contributed by atoms with van der Waals surface area (Å²) >= 11 is 0. The molecule has 0 aliphatic rings. The predicted octanol–water partition coefficient (Wildman–Crippen LogP) is 1.09. The number of ether oxygens (including phenoxy) is 1. The van der Waals surface area contributed by atoms with E-state index >= 15 is 0 Å². The van der Waals surface area contributed by atoms with Gasteiger partial charge in [0.2, 0.25) is 0 Å². The first-order valence-electron chi connectivity index (χ1n) is 3.30. The number of aliphatic carboxylic acids is 1. The van der Waals surface area contributed by atoms with E-state index in [1.165, 1.54) is 6.08 Å². The molecule has 0 rings (SSSR count). The van der Waals surface area contributed by atoms with Gasteiger partial charge in [-0.2, -0.15) is 0 Å².